The zero-order valence-corrected chi connectivity index (χ0v) is 9.26. The Balaban J connectivity index is 2.92. The highest BCUT2D eigenvalue weighted by atomic mass is 14.8. The van der Waals surface area contributed by atoms with Crippen molar-refractivity contribution in [2.24, 2.45) is 0 Å². The third kappa shape index (κ3) is 11.2. The highest BCUT2D eigenvalue weighted by Crippen LogP contribution is 2.00. The van der Waals surface area contributed by atoms with Gasteiger partial charge in [0.05, 0.1) is 6.07 Å². The Morgan fingerprint density at radius 1 is 1.14 bits per heavy atom. The minimum atomic E-state index is 0.624. The van der Waals surface area contributed by atoms with Crippen molar-refractivity contribution in [1.82, 2.24) is 5.32 Å². The first-order chi connectivity index (χ1) is 6.91. The van der Waals surface area contributed by atoms with E-state index in [1.165, 1.54) is 25.7 Å². The molecule has 0 saturated heterocycles. The number of rotatable bonds is 9. The predicted molar refractivity (Wildman–Crippen MR) is 61.0 cm³/mol. The number of hydrogen-bond donors (Lipinski definition) is 1. The summed E-state index contributed by atoms with van der Waals surface area (Å²) in [4.78, 5) is 0. The zero-order chi connectivity index (χ0) is 10.5. The molecule has 2 heteroatoms. The molecule has 0 spiro atoms. The number of nitrogens with zero attached hydrogens (tertiary/aromatic N) is 1. The van der Waals surface area contributed by atoms with Crippen molar-refractivity contribution in [3.8, 4) is 6.07 Å². The van der Waals surface area contributed by atoms with Crippen molar-refractivity contribution in [2.45, 2.75) is 45.4 Å². The largest absolute Gasteiger partial charge is 0.316 e. The number of unbranched alkanes of at least 4 members (excludes halogenated alkanes) is 3. The summed E-state index contributed by atoms with van der Waals surface area (Å²) in [7, 11) is 0. The Morgan fingerprint density at radius 2 is 2.00 bits per heavy atom. The van der Waals surface area contributed by atoms with Gasteiger partial charge in [0.2, 0.25) is 0 Å². The van der Waals surface area contributed by atoms with Crippen LogP contribution in [-0.4, -0.2) is 13.1 Å². The molecule has 0 heterocycles. The lowest BCUT2D eigenvalue weighted by Crippen LogP contribution is -2.15. The van der Waals surface area contributed by atoms with Crippen molar-refractivity contribution in [1.29, 1.82) is 5.26 Å². The quantitative estimate of drug-likeness (QED) is 0.452. The molecule has 0 aliphatic heterocycles. The van der Waals surface area contributed by atoms with Gasteiger partial charge in [-0.05, 0) is 32.2 Å². The van der Waals surface area contributed by atoms with Gasteiger partial charge in [0, 0.05) is 13.0 Å². The molecule has 0 aromatic rings. The summed E-state index contributed by atoms with van der Waals surface area (Å²) in [5, 5.41) is 11.5. The second kappa shape index (κ2) is 12.2. The molecule has 0 aromatic heterocycles. The van der Waals surface area contributed by atoms with Gasteiger partial charge in [0.25, 0.3) is 0 Å². The first-order valence-corrected chi connectivity index (χ1v) is 5.64. The molecule has 0 bridgehead atoms. The molecule has 0 saturated carbocycles. The summed E-state index contributed by atoms with van der Waals surface area (Å²) < 4.78 is 0. The van der Waals surface area contributed by atoms with E-state index in [-0.39, 0.29) is 0 Å². The fourth-order valence-electron chi connectivity index (χ4n) is 1.24. The minimum absolute atomic E-state index is 0.624. The van der Waals surface area contributed by atoms with Crippen LogP contribution in [0.5, 0.6) is 0 Å². The maximum Gasteiger partial charge on any atom is 0.0635 e. The summed E-state index contributed by atoms with van der Waals surface area (Å²) in [5.74, 6) is 0. The zero-order valence-electron chi connectivity index (χ0n) is 9.26. The van der Waals surface area contributed by atoms with Crippen molar-refractivity contribution < 1.29 is 0 Å². The standard InChI is InChI=1S/C12H22N2/c1-2-3-4-5-6-7-8-11-14-12-9-10-13/h3-4,14H,2,5-9,11-12H2,1H3/b4-3+. The van der Waals surface area contributed by atoms with Crippen LogP contribution in [-0.2, 0) is 0 Å². The SMILES string of the molecule is CC/C=C/CCCCCNCCC#N. The fourth-order valence-corrected chi connectivity index (χ4v) is 1.24. The van der Waals surface area contributed by atoms with Gasteiger partial charge in [0.1, 0.15) is 0 Å². The van der Waals surface area contributed by atoms with Gasteiger partial charge in [-0.25, -0.2) is 0 Å². The van der Waals surface area contributed by atoms with Crippen LogP contribution >= 0.6 is 0 Å². The molecule has 0 atom stereocenters. The minimum Gasteiger partial charge on any atom is -0.316 e. The summed E-state index contributed by atoms with van der Waals surface area (Å²) in [6.07, 6.45) is 11.3. The van der Waals surface area contributed by atoms with E-state index in [1.54, 1.807) is 0 Å². The van der Waals surface area contributed by atoms with Gasteiger partial charge in [-0.3, -0.25) is 0 Å². The Hall–Kier alpha value is -0.810. The molecule has 0 radical (unpaired) electrons. The summed E-state index contributed by atoms with van der Waals surface area (Å²) >= 11 is 0. The van der Waals surface area contributed by atoms with Crippen LogP contribution in [0.3, 0.4) is 0 Å². The van der Waals surface area contributed by atoms with E-state index in [0.717, 1.165) is 19.5 Å². The van der Waals surface area contributed by atoms with Gasteiger partial charge in [0.15, 0.2) is 0 Å². The third-order valence-electron chi connectivity index (χ3n) is 2.04. The number of nitrogens with one attached hydrogen (secondary N) is 1. The molecule has 0 rings (SSSR count). The van der Waals surface area contributed by atoms with E-state index in [1.807, 2.05) is 0 Å². The van der Waals surface area contributed by atoms with Crippen molar-refractivity contribution in [2.75, 3.05) is 13.1 Å². The van der Waals surface area contributed by atoms with Crippen molar-refractivity contribution in [3.63, 3.8) is 0 Å². The van der Waals surface area contributed by atoms with Crippen molar-refractivity contribution >= 4 is 0 Å². The average molecular weight is 194 g/mol. The van der Waals surface area contributed by atoms with E-state index in [2.05, 4.69) is 30.5 Å². The molecular weight excluding hydrogens is 172 g/mol. The number of nitriles is 1. The van der Waals surface area contributed by atoms with Crippen LogP contribution in [0.15, 0.2) is 12.2 Å². The summed E-state index contributed by atoms with van der Waals surface area (Å²) in [6, 6.07) is 2.12. The molecule has 0 amide bonds. The van der Waals surface area contributed by atoms with E-state index in [0.29, 0.717) is 6.42 Å². The molecule has 80 valence electrons. The lowest BCUT2D eigenvalue weighted by Gasteiger charge is -2.00. The van der Waals surface area contributed by atoms with Crippen LogP contribution in [0.2, 0.25) is 0 Å². The number of hydrogen-bond acceptors (Lipinski definition) is 2. The van der Waals surface area contributed by atoms with Crippen LogP contribution in [0, 0.1) is 11.3 Å². The second-order valence-corrected chi connectivity index (χ2v) is 3.39. The molecule has 0 aromatic carbocycles. The molecule has 0 fully saturated rings. The summed E-state index contributed by atoms with van der Waals surface area (Å²) in [6.45, 7) is 4.06. The van der Waals surface area contributed by atoms with Crippen LogP contribution in [0.4, 0.5) is 0 Å². The third-order valence-corrected chi connectivity index (χ3v) is 2.04. The predicted octanol–water partition coefficient (Wildman–Crippen LogP) is 3.02. The Labute approximate surface area is 88.0 Å². The van der Waals surface area contributed by atoms with E-state index in [9.17, 15) is 0 Å². The lowest BCUT2D eigenvalue weighted by atomic mass is 10.2. The smallest absolute Gasteiger partial charge is 0.0635 e. The van der Waals surface area contributed by atoms with Gasteiger partial charge in [-0.15, -0.1) is 0 Å². The molecule has 2 nitrogen and oxygen atoms in total. The highest BCUT2D eigenvalue weighted by Gasteiger charge is 1.88. The molecule has 1 N–H and O–H groups in total. The fraction of sp³-hybridized carbons (Fsp3) is 0.750. The van der Waals surface area contributed by atoms with Gasteiger partial charge < -0.3 is 5.32 Å². The van der Waals surface area contributed by atoms with Gasteiger partial charge >= 0.3 is 0 Å². The van der Waals surface area contributed by atoms with Crippen molar-refractivity contribution in [3.05, 3.63) is 12.2 Å². The lowest BCUT2D eigenvalue weighted by molar-refractivity contribution is 0.610. The van der Waals surface area contributed by atoms with Gasteiger partial charge in [-0.2, -0.15) is 5.26 Å². The monoisotopic (exact) mass is 194 g/mol. The molecule has 14 heavy (non-hydrogen) atoms. The topological polar surface area (TPSA) is 35.8 Å². The van der Waals surface area contributed by atoms with E-state index >= 15 is 0 Å². The van der Waals surface area contributed by atoms with E-state index < -0.39 is 0 Å². The summed E-state index contributed by atoms with van der Waals surface area (Å²) in [5.41, 5.74) is 0. The highest BCUT2D eigenvalue weighted by molar-refractivity contribution is 4.79. The van der Waals surface area contributed by atoms with Crippen LogP contribution < -0.4 is 5.32 Å². The van der Waals surface area contributed by atoms with E-state index in [4.69, 9.17) is 5.26 Å². The second-order valence-electron chi connectivity index (χ2n) is 3.39. The molecule has 0 aliphatic rings. The van der Waals surface area contributed by atoms with Gasteiger partial charge in [-0.1, -0.05) is 25.5 Å². The Kier molecular flexibility index (Phi) is 11.5. The first kappa shape index (κ1) is 13.2. The first-order valence-electron chi connectivity index (χ1n) is 5.64. The van der Waals surface area contributed by atoms with Crippen LogP contribution in [0.1, 0.15) is 45.4 Å². The maximum absolute atomic E-state index is 8.29. The normalized spacial score (nSPS) is 10.6. The average Bonchev–Trinajstić information content (AvgIpc) is 2.21. The molecule has 0 unspecified atom stereocenters. The maximum atomic E-state index is 8.29. The van der Waals surface area contributed by atoms with Crippen LogP contribution in [0.25, 0.3) is 0 Å². The Morgan fingerprint density at radius 3 is 2.71 bits per heavy atom. The Bertz CT molecular complexity index is 168. The number of allylic oxidation sites excluding steroid dienone is 2. The molecular formula is C12H22N2. The molecule has 0 aliphatic carbocycles.